The molecule has 0 aliphatic rings. The largest absolute Gasteiger partial charge is 0.508 e. The van der Waals surface area contributed by atoms with Crippen molar-refractivity contribution in [2.45, 2.75) is 26.1 Å². The number of phenols is 1. The molecular weight excluding hydrogens is 238 g/mol. The topological polar surface area (TPSA) is 52.5 Å². The minimum atomic E-state index is 0.0584. The van der Waals surface area contributed by atoms with Gasteiger partial charge in [0.05, 0.1) is 6.61 Å². The standard InChI is InChI=1S/C16H19NO2/c1-12(15-7-2-3-8-16(15)19)17-10-13-5-4-6-14(9-13)11-18/h2-9,12,17-19H,10-11H2,1H3. The molecule has 3 heteroatoms. The maximum atomic E-state index is 9.79. The lowest BCUT2D eigenvalue weighted by Gasteiger charge is -2.15. The minimum Gasteiger partial charge on any atom is -0.508 e. The summed E-state index contributed by atoms with van der Waals surface area (Å²) >= 11 is 0. The fraction of sp³-hybridized carbons (Fsp3) is 0.250. The number of nitrogens with one attached hydrogen (secondary N) is 1. The van der Waals surface area contributed by atoms with Crippen LogP contribution < -0.4 is 5.32 Å². The van der Waals surface area contributed by atoms with E-state index in [9.17, 15) is 5.11 Å². The van der Waals surface area contributed by atoms with Crippen molar-refractivity contribution >= 4 is 0 Å². The van der Waals surface area contributed by atoms with Crippen LogP contribution in [-0.2, 0) is 13.2 Å². The predicted octanol–water partition coefficient (Wildman–Crippen LogP) is 2.74. The summed E-state index contributed by atoms with van der Waals surface area (Å²) in [5.41, 5.74) is 2.92. The molecule has 0 amide bonds. The van der Waals surface area contributed by atoms with Crippen LogP contribution in [0.25, 0.3) is 0 Å². The third-order valence-corrected chi connectivity index (χ3v) is 3.19. The first-order chi connectivity index (χ1) is 9.20. The maximum Gasteiger partial charge on any atom is 0.120 e. The molecule has 0 aromatic heterocycles. The Balaban J connectivity index is 2.00. The maximum absolute atomic E-state index is 9.79. The summed E-state index contributed by atoms with van der Waals surface area (Å²) in [6.45, 7) is 2.77. The highest BCUT2D eigenvalue weighted by Gasteiger charge is 2.08. The second-order valence-corrected chi connectivity index (χ2v) is 4.64. The van der Waals surface area contributed by atoms with Crippen LogP contribution in [0.3, 0.4) is 0 Å². The van der Waals surface area contributed by atoms with Gasteiger partial charge >= 0.3 is 0 Å². The Hall–Kier alpha value is -1.84. The fourth-order valence-electron chi connectivity index (χ4n) is 2.07. The van der Waals surface area contributed by atoms with E-state index in [4.69, 9.17) is 5.11 Å². The van der Waals surface area contributed by atoms with E-state index in [1.807, 2.05) is 49.4 Å². The van der Waals surface area contributed by atoms with Gasteiger partial charge in [0.1, 0.15) is 5.75 Å². The van der Waals surface area contributed by atoms with Crippen molar-refractivity contribution in [3.63, 3.8) is 0 Å². The number of hydrogen-bond donors (Lipinski definition) is 3. The zero-order chi connectivity index (χ0) is 13.7. The first-order valence-corrected chi connectivity index (χ1v) is 6.40. The zero-order valence-corrected chi connectivity index (χ0v) is 11.0. The van der Waals surface area contributed by atoms with Crippen LogP contribution in [0, 0.1) is 0 Å². The van der Waals surface area contributed by atoms with Crippen molar-refractivity contribution in [1.29, 1.82) is 0 Å². The SMILES string of the molecule is CC(NCc1cccc(CO)c1)c1ccccc1O. The molecule has 0 bridgehead atoms. The highest BCUT2D eigenvalue weighted by molar-refractivity contribution is 5.34. The van der Waals surface area contributed by atoms with Gasteiger partial charge in [-0.2, -0.15) is 0 Å². The van der Waals surface area contributed by atoms with E-state index < -0.39 is 0 Å². The van der Waals surface area contributed by atoms with Gasteiger partial charge in [0, 0.05) is 18.2 Å². The highest BCUT2D eigenvalue weighted by atomic mass is 16.3. The van der Waals surface area contributed by atoms with Crippen LogP contribution in [0.4, 0.5) is 0 Å². The van der Waals surface area contributed by atoms with E-state index in [0.717, 1.165) is 16.7 Å². The smallest absolute Gasteiger partial charge is 0.120 e. The Bertz CT molecular complexity index is 540. The summed E-state index contributed by atoms with van der Waals surface area (Å²) in [5, 5.41) is 22.3. The van der Waals surface area contributed by atoms with Gasteiger partial charge in [0.25, 0.3) is 0 Å². The number of aliphatic hydroxyl groups is 1. The van der Waals surface area contributed by atoms with Crippen molar-refractivity contribution in [1.82, 2.24) is 5.32 Å². The average Bonchev–Trinajstić information content (AvgIpc) is 2.45. The minimum absolute atomic E-state index is 0.0584. The third-order valence-electron chi connectivity index (χ3n) is 3.19. The van der Waals surface area contributed by atoms with Gasteiger partial charge in [-0.25, -0.2) is 0 Å². The van der Waals surface area contributed by atoms with E-state index in [0.29, 0.717) is 12.3 Å². The molecule has 19 heavy (non-hydrogen) atoms. The summed E-state index contributed by atoms with van der Waals surface area (Å²) < 4.78 is 0. The molecule has 0 fully saturated rings. The molecule has 0 aliphatic heterocycles. The Morgan fingerprint density at radius 3 is 2.53 bits per heavy atom. The van der Waals surface area contributed by atoms with Crippen LogP contribution in [0.5, 0.6) is 5.75 Å². The highest BCUT2D eigenvalue weighted by Crippen LogP contribution is 2.23. The van der Waals surface area contributed by atoms with Gasteiger partial charge < -0.3 is 15.5 Å². The number of hydrogen-bond acceptors (Lipinski definition) is 3. The van der Waals surface area contributed by atoms with Gasteiger partial charge in [0.15, 0.2) is 0 Å². The lowest BCUT2D eigenvalue weighted by molar-refractivity contribution is 0.281. The lowest BCUT2D eigenvalue weighted by atomic mass is 10.1. The average molecular weight is 257 g/mol. The molecule has 0 saturated carbocycles. The summed E-state index contributed by atoms with van der Waals surface area (Å²) in [7, 11) is 0. The quantitative estimate of drug-likeness (QED) is 0.772. The number of para-hydroxylation sites is 1. The molecule has 100 valence electrons. The second kappa shape index (κ2) is 6.36. The number of aliphatic hydroxyl groups excluding tert-OH is 1. The molecule has 1 unspecified atom stereocenters. The van der Waals surface area contributed by atoms with Crippen molar-refractivity contribution < 1.29 is 10.2 Å². The molecular formula is C16H19NO2. The first kappa shape index (κ1) is 13.6. The Kier molecular flexibility index (Phi) is 4.55. The molecule has 0 heterocycles. The van der Waals surface area contributed by atoms with E-state index in [-0.39, 0.29) is 12.6 Å². The molecule has 2 aromatic rings. The van der Waals surface area contributed by atoms with Crippen LogP contribution in [0.15, 0.2) is 48.5 Å². The van der Waals surface area contributed by atoms with Gasteiger partial charge in [-0.3, -0.25) is 0 Å². The van der Waals surface area contributed by atoms with E-state index in [2.05, 4.69) is 5.32 Å². The normalized spacial score (nSPS) is 12.3. The molecule has 2 aromatic carbocycles. The van der Waals surface area contributed by atoms with E-state index >= 15 is 0 Å². The van der Waals surface area contributed by atoms with Crippen LogP contribution in [0.1, 0.15) is 29.7 Å². The predicted molar refractivity (Wildman–Crippen MR) is 75.7 cm³/mol. The molecule has 3 N–H and O–H groups in total. The Labute approximate surface area is 113 Å². The molecule has 3 nitrogen and oxygen atoms in total. The van der Waals surface area contributed by atoms with Gasteiger partial charge in [-0.15, -0.1) is 0 Å². The Morgan fingerprint density at radius 2 is 1.79 bits per heavy atom. The number of rotatable bonds is 5. The van der Waals surface area contributed by atoms with E-state index in [1.54, 1.807) is 6.07 Å². The summed E-state index contributed by atoms with van der Waals surface area (Å²) in [5.74, 6) is 0.312. The van der Waals surface area contributed by atoms with E-state index in [1.165, 1.54) is 0 Å². The third kappa shape index (κ3) is 3.56. The van der Waals surface area contributed by atoms with Gasteiger partial charge in [-0.1, -0.05) is 42.5 Å². The van der Waals surface area contributed by atoms with Crippen molar-refractivity contribution in [3.8, 4) is 5.75 Å². The van der Waals surface area contributed by atoms with Crippen LogP contribution >= 0.6 is 0 Å². The second-order valence-electron chi connectivity index (χ2n) is 4.64. The van der Waals surface area contributed by atoms with Crippen molar-refractivity contribution in [2.24, 2.45) is 0 Å². The molecule has 0 saturated heterocycles. The number of aromatic hydroxyl groups is 1. The summed E-state index contributed by atoms with van der Waals surface area (Å²) in [6, 6.07) is 15.2. The molecule has 0 radical (unpaired) electrons. The van der Waals surface area contributed by atoms with Crippen molar-refractivity contribution in [3.05, 3.63) is 65.2 Å². The molecule has 0 spiro atoms. The summed E-state index contributed by atoms with van der Waals surface area (Å²) in [6.07, 6.45) is 0. The van der Waals surface area contributed by atoms with Gasteiger partial charge in [-0.05, 0) is 24.1 Å². The molecule has 0 aliphatic carbocycles. The summed E-state index contributed by atoms with van der Waals surface area (Å²) in [4.78, 5) is 0. The number of phenolic OH excluding ortho intramolecular Hbond substituents is 1. The van der Waals surface area contributed by atoms with Crippen LogP contribution in [-0.4, -0.2) is 10.2 Å². The monoisotopic (exact) mass is 257 g/mol. The van der Waals surface area contributed by atoms with Crippen LogP contribution in [0.2, 0.25) is 0 Å². The lowest BCUT2D eigenvalue weighted by Crippen LogP contribution is -2.18. The Morgan fingerprint density at radius 1 is 1.05 bits per heavy atom. The molecule has 2 rings (SSSR count). The van der Waals surface area contributed by atoms with Crippen molar-refractivity contribution in [2.75, 3.05) is 0 Å². The first-order valence-electron chi connectivity index (χ1n) is 6.40. The molecule has 1 atom stereocenters. The number of benzene rings is 2. The zero-order valence-electron chi connectivity index (χ0n) is 11.0. The van der Waals surface area contributed by atoms with Gasteiger partial charge in [0.2, 0.25) is 0 Å². The fourth-order valence-corrected chi connectivity index (χ4v) is 2.07.